The van der Waals surface area contributed by atoms with Crippen molar-refractivity contribution < 1.29 is 9.53 Å². The van der Waals surface area contributed by atoms with Crippen LogP contribution < -0.4 is 15.8 Å². The van der Waals surface area contributed by atoms with Gasteiger partial charge in [-0.05, 0) is 35.6 Å². The van der Waals surface area contributed by atoms with Gasteiger partial charge in [0.2, 0.25) is 5.91 Å². The molecule has 5 nitrogen and oxygen atoms in total. The van der Waals surface area contributed by atoms with Crippen LogP contribution in [0.25, 0.3) is 10.8 Å². The fourth-order valence-corrected chi connectivity index (χ4v) is 2.11. The Morgan fingerprint density at radius 1 is 1.35 bits per heavy atom. The maximum atomic E-state index is 11.5. The van der Waals surface area contributed by atoms with Crippen LogP contribution in [0.2, 0.25) is 0 Å². The Bertz CT molecular complexity index is 626. The van der Waals surface area contributed by atoms with Gasteiger partial charge in [-0.25, -0.2) is 4.98 Å². The predicted octanol–water partition coefficient (Wildman–Crippen LogP) is 2.17. The average Bonchev–Trinajstić information content (AvgIpc) is 2.43. The number of nitrogens with one attached hydrogen (secondary N) is 1. The number of fused-ring (bicyclic) bond motifs is 1. The van der Waals surface area contributed by atoms with Crippen molar-refractivity contribution in [2.24, 2.45) is 11.7 Å². The topological polar surface area (TPSA) is 77.2 Å². The summed E-state index contributed by atoms with van der Waals surface area (Å²) in [5.41, 5.74) is 5.43. The summed E-state index contributed by atoms with van der Waals surface area (Å²) in [7, 11) is 1.63. The maximum absolute atomic E-state index is 11.5. The van der Waals surface area contributed by atoms with E-state index in [0.717, 1.165) is 16.5 Å². The molecular weight excluding hydrogens is 254 g/mol. The molecule has 2 aromatic rings. The van der Waals surface area contributed by atoms with E-state index >= 15 is 0 Å². The summed E-state index contributed by atoms with van der Waals surface area (Å²) in [6.45, 7) is 3.88. The van der Waals surface area contributed by atoms with Gasteiger partial charge in [-0.3, -0.25) is 4.79 Å². The largest absolute Gasteiger partial charge is 0.497 e. The monoisotopic (exact) mass is 273 g/mol. The fraction of sp³-hybridized carbons (Fsp3) is 0.333. The SMILES string of the molecule is COc1ccc2c(NC(C(N)=O)C(C)C)nccc2c1. The van der Waals surface area contributed by atoms with Crippen molar-refractivity contribution in [1.29, 1.82) is 0 Å². The standard InChI is InChI=1S/C15H19N3O2/c1-9(2)13(14(16)19)18-15-12-5-4-11(20-3)8-10(12)6-7-17-15/h4-9,13H,1-3H3,(H2,16,19)(H,17,18). The molecule has 0 radical (unpaired) electrons. The lowest BCUT2D eigenvalue weighted by Crippen LogP contribution is -2.39. The lowest BCUT2D eigenvalue weighted by molar-refractivity contribution is -0.119. The summed E-state index contributed by atoms with van der Waals surface area (Å²) in [6, 6.07) is 7.16. The van der Waals surface area contributed by atoms with Crippen molar-refractivity contribution in [2.75, 3.05) is 12.4 Å². The predicted molar refractivity (Wildman–Crippen MR) is 79.7 cm³/mol. The van der Waals surface area contributed by atoms with Gasteiger partial charge >= 0.3 is 0 Å². The summed E-state index contributed by atoms with van der Waals surface area (Å²) < 4.78 is 5.20. The van der Waals surface area contributed by atoms with Gasteiger partial charge in [-0.2, -0.15) is 0 Å². The van der Waals surface area contributed by atoms with Crippen LogP contribution in [-0.2, 0) is 4.79 Å². The van der Waals surface area contributed by atoms with Crippen LogP contribution in [0, 0.1) is 5.92 Å². The van der Waals surface area contributed by atoms with Crippen LogP contribution in [0.4, 0.5) is 5.82 Å². The van der Waals surface area contributed by atoms with E-state index in [1.54, 1.807) is 13.3 Å². The van der Waals surface area contributed by atoms with Gasteiger partial charge in [0.1, 0.15) is 17.6 Å². The molecule has 1 unspecified atom stereocenters. The number of amides is 1. The molecule has 0 fully saturated rings. The lowest BCUT2D eigenvalue weighted by Gasteiger charge is -2.20. The molecule has 0 aliphatic carbocycles. The van der Waals surface area contributed by atoms with E-state index in [1.807, 2.05) is 38.1 Å². The number of nitrogens with two attached hydrogens (primary N) is 1. The summed E-state index contributed by atoms with van der Waals surface area (Å²) >= 11 is 0. The molecule has 0 saturated carbocycles. The number of aromatic nitrogens is 1. The molecule has 5 heteroatoms. The number of carbonyl (C=O) groups excluding carboxylic acids is 1. The van der Waals surface area contributed by atoms with Crippen molar-refractivity contribution in [1.82, 2.24) is 4.98 Å². The number of nitrogens with zero attached hydrogens (tertiary/aromatic N) is 1. The van der Waals surface area contributed by atoms with Crippen LogP contribution in [0.3, 0.4) is 0 Å². The molecule has 1 aromatic carbocycles. The van der Waals surface area contributed by atoms with E-state index in [2.05, 4.69) is 10.3 Å². The van der Waals surface area contributed by atoms with Crippen LogP contribution >= 0.6 is 0 Å². The second-order valence-electron chi connectivity index (χ2n) is 5.02. The first-order valence-electron chi connectivity index (χ1n) is 6.51. The van der Waals surface area contributed by atoms with Crippen LogP contribution in [0.15, 0.2) is 30.5 Å². The number of rotatable bonds is 5. The minimum absolute atomic E-state index is 0.0859. The molecule has 0 bridgehead atoms. The van der Waals surface area contributed by atoms with Crippen molar-refractivity contribution >= 4 is 22.5 Å². The van der Waals surface area contributed by atoms with Gasteiger partial charge in [0, 0.05) is 11.6 Å². The van der Waals surface area contributed by atoms with E-state index in [4.69, 9.17) is 10.5 Å². The zero-order chi connectivity index (χ0) is 14.7. The van der Waals surface area contributed by atoms with Crippen molar-refractivity contribution in [3.8, 4) is 5.75 Å². The molecule has 0 spiro atoms. The minimum Gasteiger partial charge on any atom is -0.497 e. The highest BCUT2D eigenvalue weighted by molar-refractivity contribution is 5.94. The number of ether oxygens (including phenoxy) is 1. The molecule has 2 rings (SSSR count). The number of hydrogen-bond acceptors (Lipinski definition) is 4. The molecule has 1 heterocycles. The molecule has 106 valence electrons. The molecule has 20 heavy (non-hydrogen) atoms. The molecule has 0 aliphatic rings. The number of pyridine rings is 1. The lowest BCUT2D eigenvalue weighted by atomic mass is 10.0. The smallest absolute Gasteiger partial charge is 0.240 e. The first kappa shape index (κ1) is 14.1. The third kappa shape index (κ3) is 2.82. The second kappa shape index (κ2) is 5.77. The summed E-state index contributed by atoms with van der Waals surface area (Å²) in [4.78, 5) is 15.8. The van der Waals surface area contributed by atoms with Gasteiger partial charge in [0.25, 0.3) is 0 Å². The van der Waals surface area contributed by atoms with Gasteiger partial charge in [-0.15, -0.1) is 0 Å². The Morgan fingerprint density at radius 3 is 2.70 bits per heavy atom. The Hall–Kier alpha value is -2.30. The third-order valence-electron chi connectivity index (χ3n) is 3.24. The molecule has 3 N–H and O–H groups in total. The summed E-state index contributed by atoms with van der Waals surface area (Å²) in [5.74, 6) is 1.14. The van der Waals surface area contributed by atoms with Gasteiger partial charge in [0.05, 0.1) is 7.11 Å². The van der Waals surface area contributed by atoms with E-state index in [9.17, 15) is 4.79 Å². The molecule has 1 aromatic heterocycles. The number of hydrogen-bond donors (Lipinski definition) is 2. The zero-order valence-corrected chi connectivity index (χ0v) is 11.9. The zero-order valence-electron chi connectivity index (χ0n) is 11.9. The van der Waals surface area contributed by atoms with Crippen LogP contribution in [-0.4, -0.2) is 24.0 Å². The van der Waals surface area contributed by atoms with E-state index in [0.29, 0.717) is 5.82 Å². The molecule has 1 atom stereocenters. The first-order chi connectivity index (χ1) is 9.52. The van der Waals surface area contributed by atoms with E-state index < -0.39 is 6.04 Å². The quantitative estimate of drug-likeness (QED) is 0.875. The van der Waals surface area contributed by atoms with Gasteiger partial charge < -0.3 is 15.8 Å². The first-order valence-corrected chi connectivity index (χ1v) is 6.51. The van der Waals surface area contributed by atoms with Crippen molar-refractivity contribution in [3.63, 3.8) is 0 Å². The average molecular weight is 273 g/mol. The molecule has 1 amide bonds. The van der Waals surface area contributed by atoms with Crippen LogP contribution in [0.5, 0.6) is 5.75 Å². The Kier molecular flexibility index (Phi) is 4.08. The molecule has 0 aliphatic heterocycles. The van der Waals surface area contributed by atoms with E-state index in [1.165, 1.54) is 0 Å². The highest BCUT2D eigenvalue weighted by Crippen LogP contribution is 2.26. The number of benzene rings is 1. The molecular formula is C15H19N3O2. The number of primary amides is 1. The Labute approximate surface area is 118 Å². The van der Waals surface area contributed by atoms with Crippen molar-refractivity contribution in [3.05, 3.63) is 30.5 Å². The summed E-state index contributed by atoms with van der Waals surface area (Å²) in [5, 5.41) is 5.06. The second-order valence-corrected chi connectivity index (χ2v) is 5.02. The minimum atomic E-state index is -0.449. The van der Waals surface area contributed by atoms with Crippen molar-refractivity contribution in [2.45, 2.75) is 19.9 Å². The van der Waals surface area contributed by atoms with Crippen LogP contribution in [0.1, 0.15) is 13.8 Å². The Morgan fingerprint density at radius 2 is 2.10 bits per heavy atom. The highest BCUT2D eigenvalue weighted by atomic mass is 16.5. The maximum Gasteiger partial charge on any atom is 0.240 e. The van der Waals surface area contributed by atoms with Gasteiger partial charge in [0.15, 0.2) is 0 Å². The summed E-state index contributed by atoms with van der Waals surface area (Å²) in [6.07, 6.45) is 1.70. The normalized spacial score (nSPS) is 12.4. The van der Waals surface area contributed by atoms with Gasteiger partial charge in [-0.1, -0.05) is 13.8 Å². The number of carbonyl (C=O) groups is 1. The van der Waals surface area contributed by atoms with E-state index in [-0.39, 0.29) is 11.8 Å². The number of anilines is 1. The fourth-order valence-electron chi connectivity index (χ4n) is 2.11. The highest BCUT2D eigenvalue weighted by Gasteiger charge is 2.20. The number of methoxy groups -OCH3 is 1. The Balaban J connectivity index is 2.41. The molecule has 0 saturated heterocycles. The third-order valence-corrected chi connectivity index (χ3v) is 3.24.